The minimum atomic E-state index is -3.97. The van der Waals surface area contributed by atoms with Gasteiger partial charge in [-0.15, -0.1) is 0 Å². The number of rotatable bonds is 3. The van der Waals surface area contributed by atoms with Crippen LogP contribution < -0.4 is 0 Å². The highest BCUT2D eigenvalue weighted by Gasteiger charge is 2.46. The van der Waals surface area contributed by atoms with Gasteiger partial charge in [-0.25, -0.2) is 12.8 Å². The first-order valence-corrected chi connectivity index (χ1v) is 9.79. The molecule has 2 atom stereocenters. The average Bonchev–Trinajstić information content (AvgIpc) is 3.32. The first-order valence-electron chi connectivity index (χ1n) is 7.97. The summed E-state index contributed by atoms with van der Waals surface area (Å²) in [6.07, 6.45) is 1.36. The fourth-order valence-electron chi connectivity index (χ4n) is 3.60. The van der Waals surface area contributed by atoms with Gasteiger partial charge in [-0.3, -0.25) is 4.79 Å². The van der Waals surface area contributed by atoms with E-state index in [0.29, 0.717) is 13.1 Å². The molecule has 0 bridgehead atoms. The van der Waals surface area contributed by atoms with Crippen molar-refractivity contribution in [1.82, 2.24) is 24.6 Å². The van der Waals surface area contributed by atoms with Crippen LogP contribution in [0.25, 0.3) is 0 Å². The number of likely N-dealkylation sites (tertiary alicyclic amines) is 1. The van der Waals surface area contributed by atoms with E-state index in [1.807, 2.05) is 0 Å². The van der Waals surface area contributed by atoms with Gasteiger partial charge in [0.25, 0.3) is 5.91 Å². The zero-order chi connectivity index (χ0) is 18.5. The number of halogens is 2. The molecule has 2 aliphatic heterocycles. The number of carbonyl (C=O) groups excluding carboxylic acids is 1. The van der Waals surface area contributed by atoms with E-state index < -0.39 is 20.7 Å². The van der Waals surface area contributed by atoms with E-state index in [-0.39, 0.29) is 41.5 Å². The SMILES string of the molecule is O=C(c1cn[nH]n1)N1C[C@@H]2CN(S(=O)(=O)c3cccc(Cl)c3F)C[C@@H]2C1. The topological polar surface area (TPSA) is 99.3 Å². The standard InChI is InChI=1S/C15H15ClFN5O3S/c16-11-2-1-3-13(14(11)17)26(24,25)22-7-9-5-21(6-10(9)8-22)15(23)12-4-18-20-19-12/h1-4,9-10H,5-8H2,(H,18,19,20)/t9-,10+. The number of carbonyl (C=O) groups is 1. The lowest BCUT2D eigenvalue weighted by Crippen LogP contribution is -2.36. The number of aromatic nitrogens is 3. The van der Waals surface area contributed by atoms with Crippen LogP contribution in [0, 0.1) is 17.7 Å². The minimum Gasteiger partial charge on any atom is -0.337 e. The Morgan fingerprint density at radius 3 is 2.54 bits per heavy atom. The van der Waals surface area contributed by atoms with Crippen LogP contribution in [0.4, 0.5) is 4.39 Å². The molecule has 8 nitrogen and oxygen atoms in total. The van der Waals surface area contributed by atoms with E-state index in [1.165, 1.54) is 28.7 Å². The lowest BCUT2D eigenvalue weighted by molar-refractivity contribution is 0.0773. The van der Waals surface area contributed by atoms with Gasteiger partial charge in [-0.2, -0.15) is 19.7 Å². The summed E-state index contributed by atoms with van der Waals surface area (Å²) >= 11 is 5.71. The van der Waals surface area contributed by atoms with Gasteiger partial charge < -0.3 is 4.90 Å². The Bertz CT molecular complexity index is 938. The van der Waals surface area contributed by atoms with Crippen LogP contribution >= 0.6 is 11.6 Å². The fourth-order valence-corrected chi connectivity index (χ4v) is 5.47. The van der Waals surface area contributed by atoms with Gasteiger partial charge >= 0.3 is 0 Å². The lowest BCUT2D eigenvalue weighted by Gasteiger charge is -2.21. The first kappa shape index (κ1) is 17.4. The predicted molar refractivity (Wildman–Crippen MR) is 89.4 cm³/mol. The van der Waals surface area contributed by atoms with Gasteiger partial charge in [-0.05, 0) is 24.0 Å². The Balaban J connectivity index is 1.49. The molecular weight excluding hydrogens is 385 g/mol. The molecule has 3 heterocycles. The van der Waals surface area contributed by atoms with Crippen LogP contribution in [0.15, 0.2) is 29.3 Å². The third kappa shape index (κ3) is 2.78. The minimum absolute atomic E-state index is 0.00266. The van der Waals surface area contributed by atoms with Crippen molar-refractivity contribution in [3.63, 3.8) is 0 Å². The molecule has 0 aliphatic carbocycles. The highest BCUT2D eigenvalue weighted by molar-refractivity contribution is 7.89. The number of benzene rings is 1. The second-order valence-corrected chi connectivity index (χ2v) is 8.77. The number of H-pyrrole nitrogens is 1. The first-order chi connectivity index (χ1) is 12.4. The Kier molecular flexibility index (Phi) is 4.20. The molecule has 2 saturated heterocycles. The number of hydrogen-bond donors (Lipinski definition) is 1. The number of nitrogens with zero attached hydrogens (tertiary/aromatic N) is 4. The quantitative estimate of drug-likeness (QED) is 0.829. The molecule has 11 heteroatoms. The Hall–Kier alpha value is -2.04. The maximum absolute atomic E-state index is 14.2. The summed E-state index contributed by atoms with van der Waals surface area (Å²) < 4.78 is 41.0. The molecule has 4 rings (SSSR count). The summed E-state index contributed by atoms with van der Waals surface area (Å²) in [4.78, 5) is 13.6. The molecule has 1 N–H and O–H groups in total. The second-order valence-electron chi connectivity index (χ2n) is 6.46. The maximum atomic E-state index is 14.2. The molecular formula is C15H15ClFN5O3S. The third-order valence-electron chi connectivity index (χ3n) is 4.91. The average molecular weight is 400 g/mol. The summed E-state index contributed by atoms with van der Waals surface area (Å²) in [6, 6.07) is 3.93. The van der Waals surface area contributed by atoms with Crippen LogP contribution in [0.3, 0.4) is 0 Å². The van der Waals surface area contributed by atoms with E-state index in [2.05, 4.69) is 15.4 Å². The molecule has 0 radical (unpaired) electrons. The maximum Gasteiger partial charge on any atom is 0.276 e. The molecule has 0 spiro atoms. The lowest BCUT2D eigenvalue weighted by atomic mass is 10.0. The zero-order valence-corrected chi connectivity index (χ0v) is 15.0. The molecule has 2 aliphatic rings. The van der Waals surface area contributed by atoms with Crippen molar-refractivity contribution < 1.29 is 17.6 Å². The van der Waals surface area contributed by atoms with Gasteiger partial charge in [0.05, 0.1) is 11.2 Å². The summed E-state index contributed by atoms with van der Waals surface area (Å²) in [5, 5.41) is 9.57. The largest absolute Gasteiger partial charge is 0.337 e. The van der Waals surface area contributed by atoms with Gasteiger partial charge in [0, 0.05) is 26.2 Å². The van der Waals surface area contributed by atoms with E-state index in [4.69, 9.17) is 11.6 Å². The van der Waals surface area contributed by atoms with Crippen LogP contribution in [0.5, 0.6) is 0 Å². The number of amides is 1. The van der Waals surface area contributed by atoms with Crippen molar-refractivity contribution in [1.29, 1.82) is 0 Å². The van der Waals surface area contributed by atoms with Gasteiger partial charge in [0.2, 0.25) is 10.0 Å². The molecule has 0 saturated carbocycles. The Labute approximate surface area is 154 Å². The number of sulfonamides is 1. The summed E-state index contributed by atoms with van der Waals surface area (Å²) in [5.74, 6) is -1.16. The van der Waals surface area contributed by atoms with E-state index in [9.17, 15) is 17.6 Å². The number of fused-ring (bicyclic) bond motifs is 1. The molecule has 138 valence electrons. The smallest absolute Gasteiger partial charge is 0.276 e. The zero-order valence-electron chi connectivity index (χ0n) is 13.5. The summed E-state index contributed by atoms with van der Waals surface area (Å²) in [5.41, 5.74) is 0.232. The molecule has 1 aromatic carbocycles. The molecule has 2 fully saturated rings. The molecule has 26 heavy (non-hydrogen) atoms. The van der Waals surface area contributed by atoms with Crippen molar-refractivity contribution in [2.75, 3.05) is 26.2 Å². The van der Waals surface area contributed by atoms with Crippen molar-refractivity contribution in [3.05, 3.63) is 40.9 Å². The van der Waals surface area contributed by atoms with Crippen molar-refractivity contribution in [3.8, 4) is 0 Å². The number of hydrogen-bond acceptors (Lipinski definition) is 5. The van der Waals surface area contributed by atoms with Crippen LogP contribution in [0.1, 0.15) is 10.5 Å². The highest BCUT2D eigenvalue weighted by Crippen LogP contribution is 2.35. The van der Waals surface area contributed by atoms with Crippen molar-refractivity contribution >= 4 is 27.5 Å². The predicted octanol–water partition coefficient (Wildman–Crippen LogP) is 0.990. The third-order valence-corrected chi connectivity index (χ3v) is 7.05. The van der Waals surface area contributed by atoms with Gasteiger partial charge in [0.1, 0.15) is 4.90 Å². The number of aromatic amines is 1. The van der Waals surface area contributed by atoms with Crippen LogP contribution in [-0.4, -0.2) is 65.1 Å². The van der Waals surface area contributed by atoms with Crippen LogP contribution in [0.2, 0.25) is 5.02 Å². The summed E-state index contributed by atoms with van der Waals surface area (Å²) in [6.45, 7) is 1.34. The summed E-state index contributed by atoms with van der Waals surface area (Å²) in [7, 11) is -3.97. The number of nitrogens with one attached hydrogen (secondary N) is 1. The molecule has 1 aromatic heterocycles. The van der Waals surface area contributed by atoms with E-state index in [1.54, 1.807) is 4.90 Å². The van der Waals surface area contributed by atoms with E-state index in [0.717, 1.165) is 0 Å². The van der Waals surface area contributed by atoms with Crippen LogP contribution in [-0.2, 0) is 10.0 Å². The van der Waals surface area contributed by atoms with Gasteiger partial charge in [-0.1, -0.05) is 17.7 Å². The normalized spacial score (nSPS) is 23.4. The van der Waals surface area contributed by atoms with Crippen molar-refractivity contribution in [2.24, 2.45) is 11.8 Å². The Morgan fingerprint density at radius 2 is 1.92 bits per heavy atom. The molecule has 1 amide bonds. The fraction of sp³-hybridized carbons (Fsp3) is 0.400. The van der Waals surface area contributed by atoms with Gasteiger partial charge in [0.15, 0.2) is 11.5 Å². The Morgan fingerprint density at radius 1 is 1.23 bits per heavy atom. The molecule has 2 aromatic rings. The van der Waals surface area contributed by atoms with Crippen molar-refractivity contribution in [2.45, 2.75) is 4.90 Å². The highest BCUT2D eigenvalue weighted by atomic mass is 35.5. The second kappa shape index (κ2) is 6.29. The molecule has 0 unspecified atom stereocenters. The van der Waals surface area contributed by atoms with E-state index >= 15 is 0 Å². The monoisotopic (exact) mass is 399 g/mol.